The second kappa shape index (κ2) is 6.57. The average Bonchev–Trinajstić information content (AvgIpc) is 2.68. The van der Waals surface area contributed by atoms with E-state index in [1.54, 1.807) is 0 Å². The van der Waals surface area contributed by atoms with Crippen LogP contribution in [0.1, 0.15) is 0 Å². The summed E-state index contributed by atoms with van der Waals surface area (Å²) in [6.07, 6.45) is 0. The Kier molecular flexibility index (Phi) is 3.97. The first-order valence-electron chi connectivity index (χ1n) is 8.16. The maximum Gasteiger partial charge on any atom is 0.0857 e. The van der Waals surface area contributed by atoms with E-state index in [-0.39, 0.29) is 0 Å². The van der Waals surface area contributed by atoms with E-state index in [4.69, 9.17) is 5.73 Å². The first kappa shape index (κ1) is 15.1. The van der Waals surface area contributed by atoms with Crippen LogP contribution in [0.4, 0.5) is 17.1 Å². The van der Waals surface area contributed by atoms with E-state index in [0.29, 0.717) is 0 Å². The molecular weight excluding hydrogens is 306 g/mol. The number of rotatable bonds is 3. The second-order valence-corrected chi connectivity index (χ2v) is 5.83. The highest BCUT2D eigenvalue weighted by atomic mass is 15.1. The Balaban J connectivity index is 1.67. The molecule has 0 aromatic heterocycles. The lowest BCUT2D eigenvalue weighted by Crippen LogP contribution is -1.88. The summed E-state index contributed by atoms with van der Waals surface area (Å²) in [6.45, 7) is 0. The van der Waals surface area contributed by atoms with Gasteiger partial charge in [0.15, 0.2) is 0 Å². The minimum atomic E-state index is 0.799. The van der Waals surface area contributed by atoms with Gasteiger partial charge in [-0.25, -0.2) is 0 Å². The molecule has 0 aliphatic rings. The largest absolute Gasteiger partial charge is 0.398 e. The topological polar surface area (TPSA) is 50.7 Å². The third-order valence-corrected chi connectivity index (χ3v) is 4.17. The molecule has 3 nitrogen and oxygen atoms in total. The Morgan fingerprint density at radius 3 is 1.84 bits per heavy atom. The summed E-state index contributed by atoms with van der Waals surface area (Å²) in [4.78, 5) is 0. The third-order valence-electron chi connectivity index (χ3n) is 4.17. The van der Waals surface area contributed by atoms with Crippen molar-refractivity contribution in [2.45, 2.75) is 0 Å². The van der Waals surface area contributed by atoms with Crippen LogP contribution in [0, 0.1) is 0 Å². The zero-order valence-electron chi connectivity index (χ0n) is 13.6. The summed E-state index contributed by atoms with van der Waals surface area (Å²) in [6, 6.07) is 30.0. The number of nitrogen functional groups attached to an aromatic ring is 1. The van der Waals surface area contributed by atoms with Gasteiger partial charge in [-0.05, 0) is 46.8 Å². The molecule has 25 heavy (non-hydrogen) atoms. The molecule has 3 heteroatoms. The molecule has 2 N–H and O–H groups in total. The summed E-state index contributed by atoms with van der Waals surface area (Å²) >= 11 is 0. The van der Waals surface area contributed by atoms with Crippen molar-refractivity contribution < 1.29 is 0 Å². The molecule has 0 atom stereocenters. The van der Waals surface area contributed by atoms with Gasteiger partial charge in [0.1, 0.15) is 0 Å². The zero-order chi connectivity index (χ0) is 17.1. The fraction of sp³-hybridized carbons (Fsp3) is 0. The van der Waals surface area contributed by atoms with Crippen molar-refractivity contribution >= 4 is 27.8 Å². The molecule has 0 bridgehead atoms. The maximum absolute atomic E-state index is 6.09. The van der Waals surface area contributed by atoms with E-state index >= 15 is 0 Å². The van der Waals surface area contributed by atoms with Crippen LogP contribution in [0.25, 0.3) is 21.9 Å². The van der Waals surface area contributed by atoms with Crippen molar-refractivity contribution in [2.24, 2.45) is 10.2 Å². The Labute approximate surface area is 146 Å². The predicted octanol–water partition coefficient (Wildman–Crippen LogP) is 6.50. The van der Waals surface area contributed by atoms with Crippen LogP contribution in [-0.2, 0) is 0 Å². The maximum atomic E-state index is 6.09. The Hall–Kier alpha value is -3.46. The lowest BCUT2D eigenvalue weighted by molar-refractivity contribution is 1.23. The number of nitrogens with zero attached hydrogens (tertiary/aromatic N) is 2. The highest BCUT2D eigenvalue weighted by Crippen LogP contribution is 2.33. The fourth-order valence-corrected chi connectivity index (χ4v) is 2.89. The molecule has 0 aliphatic carbocycles. The highest BCUT2D eigenvalue weighted by Gasteiger charge is 2.05. The molecule has 0 radical (unpaired) electrons. The standard InChI is InChI=1S/C22H17N3/c23-22-15-14-19(20-8-4-5-9-21(20)22)16-10-12-18(13-11-16)25-24-17-6-2-1-3-7-17/h1-15H,23H2/b25-24+. The van der Waals surface area contributed by atoms with Crippen LogP contribution in [0.3, 0.4) is 0 Å². The number of benzene rings is 4. The van der Waals surface area contributed by atoms with Crippen LogP contribution in [-0.4, -0.2) is 0 Å². The summed E-state index contributed by atoms with van der Waals surface area (Å²) in [5.41, 5.74) is 10.9. The summed E-state index contributed by atoms with van der Waals surface area (Å²) < 4.78 is 0. The summed E-state index contributed by atoms with van der Waals surface area (Å²) in [5.74, 6) is 0. The molecule has 0 spiro atoms. The van der Waals surface area contributed by atoms with E-state index in [2.05, 4.69) is 40.6 Å². The lowest BCUT2D eigenvalue weighted by atomic mass is 9.97. The Bertz CT molecular complexity index is 1040. The SMILES string of the molecule is Nc1ccc(-c2ccc(/N=N/c3ccccc3)cc2)c2ccccc12. The smallest absolute Gasteiger partial charge is 0.0857 e. The summed E-state index contributed by atoms with van der Waals surface area (Å²) in [5, 5.41) is 10.8. The zero-order valence-corrected chi connectivity index (χ0v) is 13.6. The van der Waals surface area contributed by atoms with Gasteiger partial charge in [0.25, 0.3) is 0 Å². The second-order valence-electron chi connectivity index (χ2n) is 5.83. The number of anilines is 1. The van der Waals surface area contributed by atoms with Gasteiger partial charge in [-0.3, -0.25) is 0 Å². The first-order chi connectivity index (χ1) is 12.3. The van der Waals surface area contributed by atoms with E-state index < -0.39 is 0 Å². The minimum absolute atomic E-state index is 0.799. The van der Waals surface area contributed by atoms with Gasteiger partial charge in [-0.15, -0.1) is 0 Å². The Morgan fingerprint density at radius 1 is 0.520 bits per heavy atom. The number of hydrogen-bond acceptors (Lipinski definition) is 3. The van der Waals surface area contributed by atoms with Crippen molar-refractivity contribution in [3.63, 3.8) is 0 Å². The van der Waals surface area contributed by atoms with Gasteiger partial charge in [-0.2, -0.15) is 10.2 Å². The predicted molar refractivity (Wildman–Crippen MR) is 104 cm³/mol. The number of nitrogens with two attached hydrogens (primary N) is 1. The quantitative estimate of drug-likeness (QED) is 0.339. The van der Waals surface area contributed by atoms with Crippen LogP contribution in [0.2, 0.25) is 0 Å². The molecule has 0 aliphatic heterocycles. The number of fused-ring (bicyclic) bond motifs is 1. The van der Waals surface area contributed by atoms with Crippen molar-refractivity contribution in [1.29, 1.82) is 0 Å². The van der Waals surface area contributed by atoms with Crippen molar-refractivity contribution in [3.8, 4) is 11.1 Å². The van der Waals surface area contributed by atoms with Gasteiger partial charge in [-0.1, -0.05) is 60.7 Å². The molecule has 4 aromatic rings. The van der Waals surface area contributed by atoms with Gasteiger partial charge in [0, 0.05) is 11.1 Å². The average molecular weight is 323 g/mol. The molecule has 0 saturated carbocycles. The van der Waals surface area contributed by atoms with Crippen LogP contribution in [0.5, 0.6) is 0 Å². The van der Waals surface area contributed by atoms with Gasteiger partial charge < -0.3 is 5.73 Å². The van der Waals surface area contributed by atoms with E-state index in [0.717, 1.165) is 39.0 Å². The molecule has 0 amide bonds. The van der Waals surface area contributed by atoms with E-state index in [1.807, 2.05) is 60.7 Å². The van der Waals surface area contributed by atoms with E-state index in [1.165, 1.54) is 0 Å². The fourth-order valence-electron chi connectivity index (χ4n) is 2.89. The van der Waals surface area contributed by atoms with Gasteiger partial charge in [0.05, 0.1) is 11.4 Å². The molecule has 0 saturated heterocycles. The highest BCUT2D eigenvalue weighted by molar-refractivity contribution is 6.02. The van der Waals surface area contributed by atoms with E-state index in [9.17, 15) is 0 Å². The summed E-state index contributed by atoms with van der Waals surface area (Å²) in [7, 11) is 0. The minimum Gasteiger partial charge on any atom is -0.398 e. The third kappa shape index (κ3) is 3.12. The lowest BCUT2D eigenvalue weighted by Gasteiger charge is -2.09. The normalized spacial score (nSPS) is 11.2. The number of hydrogen-bond donors (Lipinski definition) is 1. The van der Waals surface area contributed by atoms with Crippen molar-refractivity contribution in [1.82, 2.24) is 0 Å². The molecule has 4 rings (SSSR count). The number of azo groups is 1. The molecule has 0 fully saturated rings. The van der Waals surface area contributed by atoms with Crippen LogP contribution < -0.4 is 5.73 Å². The van der Waals surface area contributed by atoms with Crippen LogP contribution in [0.15, 0.2) is 101 Å². The van der Waals surface area contributed by atoms with Gasteiger partial charge in [0.2, 0.25) is 0 Å². The molecular formula is C22H17N3. The van der Waals surface area contributed by atoms with Crippen molar-refractivity contribution in [2.75, 3.05) is 5.73 Å². The van der Waals surface area contributed by atoms with Crippen molar-refractivity contribution in [3.05, 3.63) is 91.0 Å². The monoisotopic (exact) mass is 323 g/mol. The molecule has 120 valence electrons. The van der Waals surface area contributed by atoms with Gasteiger partial charge >= 0.3 is 0 Å². The molecule has 0 unspecified atom stereocenters. The van der Waals surface area contributed by atoms with Crippen LogP contribution >= 0.6 is 0 Å². The Morgan fingerprint density at radius 2 is 1.12 bits per heavy atom. The molecule has 0 heterocycles. The first-order valence-corrected chi connectivity index (χ1v) is 8.16. The molecule has 4 aromatic carbocycles.